The number of benzene rings is 1. The lowest BCUT2D eigenvalue weighted by molar-refractivity contribution is 0.0963. The molecule has 96 valence electrons. The van der Waals surface area contributed by atoms with Crippen molar-refractivity contribution in [3.8, 4) is 0 Å². The summed E-state index contributed by atoms with van der Waals surface area (Å²) in [5.74, 6) is 0.309. The highest BCUT2D eigenvalue weighted by molar-refractivity contribution is 5.96. The summed E-state index contributed by atoms with van der Waals surface area (Å²) in [5.41, 5.74) is 3.77. The van der Waals surface area contributed by atoms with Crippen molar-refractivity contribution < 1.29 is 4.79 Å². The van der Waals surface area contributed by atoms with Crippen molar-refractivity contribution >= 4 is 5.78 Å². The van der Waals surface area contributed by atoms with Gasteiger partial charge in [0.05, 0.1) is 0 Å². The Kier molecular flexibility index (Phi) is 3.46. The Morgan fingerprint density at radius 1 is 1.17 bits per heavy atom. The second-order valence-electron chi connectivity index (χ2n) is 5.61. The first kappa shape index (κ1) is 11.9. The van der Waals surface area contributed by atoms with Gasteiger partial charge in [0, 0.05) is 18.0 Å². The zero-order chi connectivity index (χ0) is 12.4. The highest BCUT2D eigenvalue weighted by Crippen LogP contribution is 2.24. The highest BCUT2D eigenvalue weighted by Gasteiger charge is 2.19. The van der Waals surface area contributed by atoms with Gasteiger partial charge in [0.1, 0.15) is 0 Å². The molecule has 0 amide bonds. The lowest BCUT2D eigenvalue weighted by atomic mass is 9.95. The molecule has 18 heavy (non-hydrogen) atoms. The van der Waals surface area contributed by atoms with E-state index in [2.05, 4.69) is 17.4 Å². The summed E-state index contributed by atoms with van der Waals surface area (Å²) in [7, 11) is 0. The summed E-state index contributed by atoms with van der Waals surface area (Å²) in [6.07, 6.45) is 7.91. The maximum Gasteiger partial charge on any atom is 0.164 e. The second-order valence-corrected chi connectivity index (χ2v) is 5.61. The van der Waals surface area contributed by atoms with Gasteiger partial charge in [-0.25, -0.2) is 0 Å². The van der Waals surface area contributed by atoms with Crippen molar-refractivity contribution in [3.63, 3.8) is 0 Å². The molecule has 1 aromatic rings. The van der Waals surface area contributed by atoms with Crippen molar-refractivity contribution in [1.82, 2.24) is 5.32 Å². The van der Waals surface area contributed by atoms with Gasteiger partial charge in [-0.3, -0.25) is 4.79 Å². The van der Waals surface area contributed by atoms with Crippen molar-refractivity contribution in [2.45, 2.75) is 51.0 Å². The van der Waals surface area contributed by atoms with Crippen LogP contribution in [0.15, 0.2) is 18.2 Å². The Morgan fingerprint density at radius 2 is 2.06 bits per heavy atom. The van der Waals surface area contributed by atoms with Gasteiger partial charge in [-0.05, 0) is 55.8 Å². The van der Waals surface area contributed by atoms with Crippen LogP contribution in [-0.2, 0) is 12.8 Å². The fraction of sp³-hybridized carbons (Fsp3) is 0.562. The van der Waals surface area contributed by atoms with E-state index in [1.165, 1.54) is 36.8 Å². The van der Waals surface area contributed by atoms with E-state index in [0.29, 0.717) is 18.2 Å². The van der Waals surface area contributed by atoms with E-state index in [9.17, 15) is 4.79 Å². The van der Waals surface area contributed by atoms with Gasteiger partial charge in [0.15, 0.2) is 5.78 Å². The van der Waals surface area contributed by atoms with Gasteiger partial charge in [-0.1, -0.05) is 18.6 Å². The minimum Gasteiger partial charge on any atom is -0.314 e. The minimum atomic E-state index is 0.309. The summed E-state index contributed by atoms with van der Waals surface area (Å²) >= 11 is 0. The molecule has 1 N–H and O–H groups in total. The monoisotopic (exact) mass is 243 g/mol. The first-order valence-electron chi connectivity index (χ1n) is 7.21. The Hall–Kier alpha value is -1.15. The van der Waals surface area contributed by atoms with Crippen LogP contribution < -0.4 is 5.32 Å². The Morgan fingerprint density at radius 3 is 2.89 bits per heavy atom. The van der Waals surface area contributed by atoms with Crippen LogP contribution >= 0.6 is 0 Å². The molecule has 0 aromatic heterocycles. The topological polar surface area (TPSA) is 29.1 Å². The number of hydrogen-bond donors (Lipinski definition) is 1. The van der Waals surface area contributed by atoms with Crippen molar-refractivity contribution in [2.24, 2.45) is 0 Å². The van der Waals surface area contributed by atoms with Gasteiger partial charge >= 0.3 is 0 Å². The van der Waals surface area contributed by atoms with E-state index >= 15 is 0 Å². The minimum absolute atomic E-state index is 0.309. The van der Waals surface area contributed by atoms with Crippen LogP contribution in [0, 0.1) is 0 Å². The van der Waals surface area contributed by atoms with Gasteiger partial charge in [0.25, 0.3) is 0 Å². The molecule has 1 atom stereocenters. The third kappa shape index (κ3) is 2.49. The van der Waals surface area contributed by atoms with E-state index in [0.717, 1.165) is 24.9 Å². The van der Waals surface area contributed by atoms with Crippen LogP contribution in [0.4, 0.5) is 0 Å². The molecule has 3 rings (SSSR count). The quantitative estimate of drug-likeness (QED) is 0.827. The smallest absolute Gasteiger partial charge is 0.164 e. The van der Waals surface area contributed by atoms with E-state index in [1.807, 2.05) is 6.07 Å². The number of carbonyl (C=O) groups is 1. The highest BCUT2D eigenvalue weighted by atomic mass is 16.1. The number of rotatable bonds is 3. The molecule has 1 aliphatic carbocycles. The molecule has 1 unspecified atom stereocenters. The standard InChI is InChI=1S/C16H21NO/c18-16(11-15-6-1-2-9-17-15)14-8-7-12-4-3-5-13(12)10-14/h7-8,10,15,17H,1-6,9,11H2. The van der Waals surface area contributed by atoms with E-state index in [4.69, 9.17) is 0 Å². The van der Waals surface area contributed by atoms with Crippen LogP contribution in [-0.4, -0.2) is 18.4 Å². The molecule has 1 heterocycles. The Bertz CT molecular complexity index is 446. The predicted octanol–water partition coefficient (Wildman–Crippen LogP) is 2.89. The van der Waals surface area contributed by atoms with Crippen molar-refractivity contribution in [2.75, 3.05) is 6.54 Å². The molecular formula is C16H21NO. The van der Waals surface area contributed by atoms with Gasteiger partial charge in [-0.2, -0.15) is 0 Å². The average molecular weight is 243 g/mol. The fourth-order valence-corrected chi connectivity index (χ4v) is 3.19. The Balaban J connectivity index is 1.68. The average Bonchev–Trinajstić information content (AvgIpc) is 2.87. The van der Waals surface area contributed by atoms with Crippen LogP contribution in [0.2, 0.25) is 0 Å². The number of Topliss-reactive ketones (excluding diaryl/α,β-unsaturated/α-hetero) is 1. The molecule has 1 aromatic carbocycles. The third-order valence-electron chi connectivity index (χ3n) is 4.26. The SMILES string of the molecule is O=C(CC1CCCCN1)c1ccc2c(c1)CCC2. The number of ketones is 1. The van der Waals surface area contributed by atoms with Crippen molar-refractivity contribution in [1.29, 1.82) is 0 Å². The normalized spacial score (nSPS) is 22.8. The number of carbonyl (C=O) groups excluding carboxylic acids is 1. The Labute approximate surface area is 109 Å². The molecular weight excluding hydrogens is 222 g/mol. The molecule has 1 fully saturated rings. The zero-order valence-corrected chi connectivity index (χ0v) is 10.9. The molecule has 2 nitrogen and oxygen atoms in total. The number of hydrogen-bond acceptors (Lipinski definition) is 2. The largest absolute Gasteiger partial charge is 0.314 e. The predicted molar refractivity (Wildman–Crippen MR) is 73.1 cm³/mol. The molecule has 0 saturated carbocycles. The summed E-state index contributed by atoms with van der Waals surface area (Å²) in [6.45, 7) is 1.07. The number of piperidine rings is 1. The molecule has 2 aliphatic rings. The molecule has 2 heteroatoms. The lowest BCUT2D eigenvalue weighted by Gasteiger charge is -2.22. The number of fused-ring (bicyclic) bond motifs is 1. The third-order valence-corrected chi connectivity index (χ3v) is 4.26. The maximum absolute atomic E-state index is 12.3. The number of nitrogens with one attached hydrogen (secondary N) is 1. The van der Waals surface area contributed by atoms with Crippen LogP contribution in [0.25, 0.3) is 0 Å². The zero-order valence-electron chi connectivity index (χ0n) is 10.9. The van der Waals surface area contributed by atoms with E-state index < -0.39 is 0 Å². The molecule has 0 radical (unpaired) electrons. The summed E-state index contributed by atoms with van der Waals surface area (Å²) in [5, 5.41) is 3.45. The number of aryl methyl sites for hydroxylation is 2. The van der Waals surface area contributed by atoms with Crippen LogP contribution in [0.1, 0.15) is 53.6 Å². The summed E-state index contributed by atoms with van der Waals surface area (Å²) < 4.78 is 0. The summed E-state index contributed by atoms with van der Waals surface area (Å²) in [6, 6.07) is 6.71. The van der Waals surface area contributed by atoms with Crippen LogP contribution in [0.3, 0.4) is 0 Å². The molecule has 0 spiro atoms. The van der Waals surface area contributed by atoms with Gasteiger partial charge < -0.3 is 5.32 Å². The van der Waals surface area contributed by atoms with E-state index in [1.54, 1.807) is 0 Å². The molecule has 0 bridgehead atoms. The van der Waals surface area contributed by atoms with E-state index in [-0.39, 0.29) is 0 Å². The van der Waals surface area contributed by atoms with Crippen molar-refractivity contribution in [3.05, 3.63) is 34.9 Å². The van der Waals surface area contributed by atoms with Gasteiger partial charge in [0.2, 0.25) is 0 Å². The maximum atomic E-state index is 12.3. The van der Waals surface area contributed by atoms with Gasteiger partial charge in [-0.15, -0.1) is 0 Å². The summed E-state index contributed by atoms with van der Waals surface area (Å²) in [4.78, 5) is 12.3. The van der Waals surface area contributed by atoms with Crippen LogP contribution in [0.5, 0.6) is 0 Å². The molecule has 1 aliphatic heterocycles. The second kappa shape index (κ2) is 5.23. The molecule has 1 saturated heterocycles. The fourth-order valence-electron chi connectivity index (χ4n) is 3.19. The lowest BCUT2D eigenvalue weighted by Crippen LogP contribution is -2.35. The first-order valence-corrected chi connectivity index (χ1v) is 7.21. The first-order chi connectivity index (χ1) is 8.83.